The van der Waals surface area contributed by atoms with Crippen LogP contribution in [-0.4, -0.2) is 26.9 Å². The molecule has 0 bridgehead atoms. The maximum absolute atomic E-state index is 12.5. The van der Waals surface area contributed by atoms with E-state index < -0.39 is 5.54 Å². The first-order valence-electron chi connectivity index (χ1n) is 11.1. The van der Waals surface area contributed by atoms with Crippen molar-refractivity contribution in [3.05, 3.63) is 35.0 Å². The van der Waals surface area contributed by atoms with Crippen LogP contribution in [0.1, 0.15) is 74.7 Å². The molecule has 2 amide bonds. The SMILES string of the molecule is CC(=O)NC1(c2noc(CCC(=O)Nc3nc4c(C)cc(C)cc4s3)n2)CCCCCC1. The number of aryl methyl sites for hydroxylation is 3. The van der Waals surface area contributed by atoms with Crippen LogP contribution in [0.15, 0.2) is 16.7 Å². The van der Waals surface area contributed by atoms with Gasteiger partial charge in [0.05, 0.1) is 10.2 Å². The highest BCUT2D eigenvalue weighted by atomic mass is 32.1. The van der Waals surface area contributed by atoms with Crippen molar-refractivity contribution in [2.75, 3.05) is 5.32 Å². The van der Waals surface area contributed by atoms with Crippen molar-refractivity contribution in [3.63, 3.8) is 0 Å². The number of rotatable bonds is 6. The number of hydrogen-bond acceptors (Lipinski definition) is 7. The van der Waals surface area contributed by atoms with E-state index >= 15 is 0 Å². The minimum absolute atomic E-state index is 0.0982. The molecular weight excluding hydrogens is 426 g/mol. The lowest BCUT2D eigenvalue weighted by atomic mass is 9.89. The Kier molecular flexibility index (Phi) is 6.55. The highest BCUT2D eigenvalue weighted by Crippen LogP contribution is 2.35. The van der Waals surface area contributed by atoms with Crippen LogP contribution in [0.5, 0.6) is 0 Å². The normalized spacial score (nSPS) is 16.0. The number of aromatic nitrogens is 3. The van der Waals surface area contributed by atoms with E-state index in [0.717, 1.165) is 54.3 Å². The van der Waals surface area contributed by atoms with E-state index in [1.54, 1.807) is 0 Å². The first-order valence-corrected chi connectivity index (χ1v) is 12.0. The van der Waals surface area contributed by atoms with Crippen LogP contribution in [-0.2, 0) is 21.5 Å². The van der Waals surface area contributed by atoms with Crippen LogP contribution < -0.4 is 10.6 Å². The van der Waals surface area contributed by atoms with Crippen LogP contribution in [0.4, 0.5) is 5.13 Å². The van der Waals surface area contributed by atoms with Crippen LogP contribution in [0.3, 0.4) is 0 Å². The summed E-state index contributed by atoms with van der Waals surface area (Å²) in [7, 11) is 0. The molecule has 0 spiro atoms. The number of hydrogen-bond donors (Lipinski definition) is 2. The molecule has 1 aromatic carbocycles. The number of amides is 2. The molecule has 8 nitrogen and oxygen atoms in total. The molecule has 0 aliphatic heterocycles. The fraction of sp³-hybridized carbons (Fsp3) is 0.522. The Hall–Kier alpha value is -2.81. The van der Waals surface area contributed by atoms with E-state index in [0.29, 0.717) is 23.3 Å². The lowest BCUT2D eigenvalue weighted by Crippen LogP contribution is -2.45. The Bertz CT molecular complexity index is 1130. The van der Waals surface area contributed by atoms with Crippen molar-refractivity contribution in [1.82, 2.24) is 20.4 Å². The molecule has 0 radical (unpaired) electrons. The summed E-state index contributed by atoms with van der Waals surface area (Å²) in [6, 6.07) is 4.16. The second-order valence-electron chi connectivity index (χ2n) is 8.68. The van der Waals surface area contributed by atoms with Gasteiger partial charge in [0.25, 0.3) is 0 Å². The van der Waals surface area contributed by atoms with Gasteiger partial charge in [-0.15, -0.1) is 0 Å². The maximum atomic E-state index is 12.5. The Morgan fingerprint density at radius 2 is 1.88 bits per heavy atom. The molecule has 3 aromatic rings. The highest BCUT2D eigenvalue weighted by molar-refractivity contribution is 7.22. The van der Waals surface area contributed by atoms with E-state index in [9.17, 15) is 9.59 Å². The number of fused-ring (bicyclic) bond motifs is 1. The minimum atomic E-state index is -0.580. The summed E-state index contributed by atoms with van der Waals surface area (Å²) in [5.41, 5.74) is 2.61. The standard InChI is InChI=1S/C23H29N5O3S/c1-14-12-15(2)20-17(13-14)32-22(26-20)24-18(30)8-9-19-25-21(28-31-19)23(27-16(3)29)10-6-4-5-7-11-23/h12-13H,4-11H2,1-3H3,(H,27,29)(H,24,26,30). The third kappa shape index (κ3) is 4.98. The third-order valence-corrected chi connectivity index (χ3v) is 6.83. The van der Waals surface area contributed by atoms with E-state index in [2.05, 4.69) is 37.9 Å². The molecule has 0 atom stereocenters. The third-order valence-electron chi connectivity index (χ3n) is 5.91. The van der Waals surface area contributed by atoms with Crippen molar-refractivity contribution in [2.24, 2.45) is 0 Å². The van der Waals surface area contributed by atoms with Gasteiger partial charge in [0, 0.05) is 19.8 Å². The predicted octanol–water partition coefficient (Wildman–Crippen LogP) is 4.55. The zero-order chi connectivity index (χ0) is 22.7. The average molecular weight is 456 g/mol. The van der Waals surface area contributed by atoms with Crippen molar-refractivity contribution in [3.8, 4) is 0 Å². The molecule has 0 saturated heterocycles. The van der Waals surface area contributed by atoms with Crippen molar-refractivity contribution in [1.29, 1.82) is 0 Å². The molecule has 32 heavy (non-hydrogen) atoms. The summed E-state index contributed by atoms with van der Waals surface area (Å²) in [4.78, 5) is 33.4. The predicted molar refractivity (Wildman–Crippen MR) is 124 cm³/mol. The van der Waals surface area contributed by atoms with Gasteiger partial charge in [-0.3, -0.25) is 9.59 Å². The van der Waals surface area contributed by atoms with Gasteiger partial charge in [0.1, 0.15) is 5.54 Å². The molecule has 1 aliphatic carbocycles. The lowest BCUT2D eigenvalue weighted by molar-refractivity contribution is -0.121. The maximum Gasteiger partial charge on any atom is 0.227 e. The number of carbonyl (C=O) groups is 2. The number of nitrogens with one attached hydrogen (secondary N) is 2. The first-order chi connectivity index (χ1) is 15.3. The van der Waals surface area contributed by atoms with Gasteiger partial charge in [-0.1, -0.05) is 48.2 Å². The Labute approximate surface area is 191 Å². The average Bonchev–Trinajstić information content (AvgIpc) is 3.29. The lowest BCUT2D eigenvalue weighted by Gasteiger charge is -2.30. The molecule has 2 N–H and O–H groups in total. The van der Waals surface area contributed by atoms with Crippen molar-refractivity contribution >= 4 is 38.5 Å². The fourth-order valence-electron chi connectivity index (χ4n) is 4.45. The van der Waals surface area contributed by atoms with Gasteiger partial charge in [-0.05, 0) is 43.9 Å². The van der Waals surface area contributed by atoms with Crippen LogP contribution >= 0.6 is 11.3 Å². The number of carbonyl (C=O) groups excluding carboxylic acids is 2. The summed E-state index contributed by atoms with van der Waals surface area (Å²) in [6.07, 6.45) is 6.42. The first kappa shape index (κ1) is 22.4. The zero-order valence-corrected chi connectivity index (χ0v) is 19.6. The van der Waals surface area contributed by atoms with Crippen molar-refractivity contribution < 1.29 is 14.1 Å². The summed E-state index contributed by atoms with van der Waals surface area (Å²) in [6.45, 7) is 5.59. The molecule has 4 rings (SSSR count). The summed E-state index contributed by atoms with van der Waals surface area (Å²) < 4.78 is 6.50. The summed E-state index contributed by atoms with van der Waals surface area (Å²) in [5, 5.41) is 10.7. The van der Waals surface area contributed by atoms with Gasteiger partial charge >= 0.3 is 0 Å². The van der Waals surface area contributed by atoms with E-state index in [1.807, 2.05) is 13.8 Å². The monoisotopic (exact) mass is 455 g/mol. The number of thiazole rings is 1. The van der Waals surface area contributed by atoms with Crippen LogP contribution in [0, 0.1) is 13.8 Å². The largest absolute Gasteiger partial charge is 0.343 e. The molecule has 1 saturated carbocycles. The Morgan fingerprint density at radius 1 is 1.12 bits per heavy atom. The summed E-state index contributed by atoms with van der Waals surface area (Å²) in [5.74, 6) is 0.671. The van der Waals surface area contributed by atoms with Gasteiger partial charge in [0.15, 0.2) is 11.0 Å². The van der Waals surface area contributed by atoms with E-state index in [-0.39, 0.29) is 18.2 Å². The minimum Gasteiger partial charge on any atom is -0.343 e. The molecule has 0 unspecified atom stereocenters. The number of anilines is 1. The number of benzene rings is 1. The fourth-order valence-corrected chi connectivity index (χ4v) is 5.51. The molecule has 1 aliphatic rings. The van der Waals surface area contributed by atoms with Gasteiger partial charge < -0.3 is 15.2 Å². The second kappa shape index (κ2) is 9.36. The molecule has 9 heteroatoms. The topological polar surface area (TPSA) is 110 Å². The van der Waals surface area contributed by atoms with Crippen LogP contribution in [0.25, 0.3) is 10.2 Å². The molecule has 1 fully saturated rings. The highest BCUT2D eigenvalue weighted by Gasteiger charge is 2.38. The van der Waals surface area contributed by atoms with Gasteiger partial charge in [-0.25, -0.2) is 4.98 Å². The van der Waals surface area contributed by atoms with E-state index in [1.165, 1.54) is 23.8 Å². The van der Waals surface area contributed by atoms with Gasteiger partial charge in [-0.2, -0.15) is 4.98 Å². The molecule has 170 valence electrons. The Balaban J connectivity index is 1.40. The van der Waals surface area contributed by atoms with E-state index in [4.69, 9.17) is 4.52 Å². The summed E-state index contributed by atoms with van der Waals surface area (Å²) >= 11 is 1.47. The second-order valence-corrected chi connectivity index (χ2v) is 9.72. The quantitative estimate of drug-likeness (QED) is 0.528. The van der Waals surface area contributed by atoms with Crippen molar-refractivity contribution in [2.45, 2.75) is 77.7 Å². The molecular formula is C23H29N5O3S. The molecule has 2 aromatic heterocycles. The van der Waals surface area contributed by atoms with Crippen LogP contribution in [0.2, 0.25) is 0 Å². The zero-order valence-electron chi connectivity index (χ0n) is 18.8. The number of nitrogens with zero attached hydrogens (tertiary/aromatic N) is 3. The molecule has 2 heterocycles. The Morgan fingerprint density at radius 3 is 2.59 bits per heavy atom. The smallest absolute Gasteiger partial charge is 0.227 e. The van der Waals surface area contributed by atoms with Gasteiger partial charge in [0.2, 0.25) is 17.7 Å².